The first-order valence-electron chi connectivity index (χ1n) is 3.82. The molecule has 2 aromatic heterocycles. The van der Waals surface area contributed by atoms with Crippen molar-refractivity contribution in [2.45, 2.75) is 5.88 Å². The highest BCUT2D eigenvalue weighted by molar-refractivity contribution is 7.15. The van der Waals surface area contributed by atoms with Crippen LogP contribution < -0.4 is 0 Å². The van der Waals surface area contributed by atoms with Crippen molar-refractivity contribution in [1.29, 1.82) is 0 Å². The molecule has 0 spiro atoms. The summed E-state index contributed by atoms with van der Waals surface area (Å²) in [5.74, 6) is 1.32. The van der Waals surface area contributed by atoms with Gasteiger partial charge in [0.15, 0.2) is 5.82 Å². The van der Waals surface area contributed by atoms with Gasteiger partial charge in [-0.05, 0) is 18.2 Å². The van der Waals surface area contributed by atoms with Crippen molar-refractivity contribution in [3.05, 3.63) is 35.5 Å². The third-order valence-corrected chi connectivity index (χ3v) is 3.11. The molecule has 0 aliphatic rings. The Balaban J connectivity index is 2.36. The van der Waals surface area contributed by atoms with Gasteiger partial charge in [-0.3, -0.25) is 0 Å². The molecule has 0 aliphatic heterocycles. The van der Waals surface area contributed by atoms with E-state index in [1.54, 1.807) is 29.8 Å². The molecule has 0 radical (unpaired) electrons. The maximum absolute atomic E-state index is 5.70. The second-order valence-corrected chi connectivity index (χ2v) is 3.91. The lowest BCUT2D eigenvalue weighted by molar-refractivity contribution is 1.19. The van der Waals surface area contributed by atoms with Crippen LogP contribution in [-0.2, 0) is 5.88 Å². The summed E-state index contributed by atoms with van der Waals surface area (Å²) in [6.07, 6.45) is 3.48. The summed E-state index contributed by atoms with van der Waals surface area (Å²) < 4.78 is 0. The van der Waals surface area contributed by atoms with Gasteiger partial charge in [0.25, 0.3) is 0 Å². The van der Waals surface area contributed by atoms with Gasteiger partial charge >= 0.3 is 0 Å². The van der Waals surface area contributed by atoms with E-state index in [2.05, 4.69) is 9.97 Å². The monoisotopic (exact) mass is 210 g/mol. The second kappa shape index (κ2) is 3.85. The Morgan fingerprint density at radius 3 is 2.62 bits per heavy atom. The number of hydrogen-bond donors (Lipinski definition) is 0. The Morgan fingerprint density at radius 1 is 1.23 bits per heavy atom. The van der Waals surface area contributed by atoms with Gasteiger partial charge in [0.05, 0.1) is 10.8 Å². The average Bonchev–Trinajstić information content (AvgIpc) is 2.67. The van der Waals surface area contributed by atoms with Crippen molar-refractivity contribution in [1.82, 2.24) is 9.97 Å². The minimum Gasteiger partial charge on any atom is -0.236 e. The number of hydrogen-bond acceptors (Lipinski definition) is 3. The highest BCUT2D eigenvalue weighted by atomic mass is 35.5. The van der Waals surface area contributed by atoms with Gasteiger partial charge in [0.1, 0.15) is 0 Å². The van der Waals surface area contributed by atoms with Crippen LogP contribution in [0.25, 0.3) is 10.7 Å². The van der Waals surface area contributed by atoms with Gasteiger partial charge in [-0.1, -0.05) is 0 Å². The van der Waals surface area contributed by atoms with Gasteiger partial charge in [0, 0.05) is 17.3 Å². The molecule has 0 saturated heterocycles. The third kappa shape index (κ3) is 1.87. The van der Waals surface area contributed by atoms with Crippen molar-refractivity contribution in [2.24, 2.45) is 0 Å². The summed E-state index contributed by atoms with van der Waals surface area (Å²) in [6.45, 7) is 0. The minimum absolute atomic E-state index is 0.553. The normalized spacial score (nSPS) is 10.2. The van der Waals surface area contributed by atoms with Gasteiger partial charge in [0.2, 0.25) is 0 Å². The van der Waals surface area contributed by atoms with E-state index in [0.29, 0.717) is 5.88 Å². The van der Waals surface area contributed by atoms with Gasteiger partial charge < -0.3 is 0 Å². The number of thiophene rings is 1. The predicted molar refractivity (Wildman–Crippen MR) is 54.9 cm³/mol. The Bertz CT molecular complexity index is 386. The van der Waals surface area contributed by atoms with Crippen molar-refractivity contribution >= 4 is 22.9 Å². The minimum atomic E-state index is 0.553. The zero-order valence-corrected chi connectivity index (χ0v) is 8.35. The third-order valence-electron chi connectivity index (χ3n) is 1.58. The van der Waals surface area contributed by atoms with Crippen molar-refractivity contribution < 1.29 is 0 Å². The second-order valence-electron chi connectivity index (χ2n) is 2.47. The lowest BCUT2D eigenvalue weighted by Gasteiger charge is -1.91. The summed E-state index contributed by atoms with van der Waals surface area (Å²) in [5, 5.41) is 0. The fourth-order valence-electron chi connectivity index (χ4n) is 0.996. The maximum Gasteiger partial charge on any atom is 0.169 e. The fourth-order valence-corrected chi connectivity index (χ4v) is 2.05. The first kappa shape index (κ1) is 8.66. The Kier molecular flexibility index (Phi) is 2.57. The first-order chi connectivity index (χ1) is 6.40. The van der Waals surface area contributed by atoms with Crippen LogP contribution in [0.5, 0.6) is 0 Å². The van der Waals surface area contributed by atoms with Crippen LogP contribution in [0.15, 0.2) is 30.6 Å². The van der Waals surface area contributed by atoms with Crippen molar-refractivity contribution in [3.8, 4) is 10.7 Å². The maximum atomic E-state index is 5.70. The number of aromatic nitrogens is 2. The van der Waals surface area contributed by atoms with E-state index in [9.17, 15) is 0 Å². The molecule has 0 atom stereocenters. The van der Waals surface area contributed by atoms with Crippen LogP contribution in [0.3, 0.4) is 0 Å². The van der Waals surface area contributed by atoms with Crippen LogP contribution in [0.4, 0.5) is 0 Å². The van der Waals surface area contributed by atoms with Crippen molar-refractivity contribution in [3.63, 3.8) is 0 Å². The number of alkyl halides is 1. The molecule has 0 unspecified atom stereocenters. The summed E-state index contributed by atoms with van der Waals surface area (Å²) in [7, 11) is 0. The lowest BCUT2D eigenvalue weighted by atomic mass is 10.4. The number of rotatable bonds is 2. The molecule has 2 aromatic rings. The SMILES string of the molecule is ClCc1ccc(-c2ncccn2)s1. The zero-order chi connectivity index (χ0) is 9.10. The van der Waals surface area contributed by atoms with Crippen LogP contribution in [0.2, 0.25) is 0 Å². The largest absolute Gasteiger partial charge is 0.236 e. The molecule has 4 heteroatoms. The van der Waals surface area contributed by atoms with E-state index < -0.39 is 0 Å². The van der Waals surface area contributed by atoms with Crippen LogP contribution >= 0.6 is 22.9 Å². The van der Waals surface area contributed by atoms with E-state index in [0.717, 1.165) is 15.6 Å². The number of nitrogens with zero attached hydrogens (tertiary/aromatic N) is 2. The predicted octanol–water partition coefficient (Wildman–Crippen LogP) is 2.94. The molecule has 2 heterocycles. The van der Waals surface area contributed by atoms with Crippen LogP contribution in [-0.4, -0.2) is 9.97 Å². The van der Waals surface area contributed by atoms with Crippen molar-refractivity contribution in [2.75, 3.05) is 0 Å². The molecule has 0 N–H and O–H groups in total. The highest BCUT2D eigenvalue weighted by Gasteiger charge is 2.03. The Morgan fingerprint density at radius 2 is 2.00 bits per heavy atom. The Labute approximate surface area is 85.2 Å². The summed E-state index contributed by atoms with van der Waals surface area (Å²) >= 11 is 7.33. The fraction of sp³-hybridized carbons (Fsp3) is 0.111. The van der Waals surface area contributed by atoms with E-state index in [4.69, 9.17) is 11.6 Å². The van der Waals surface area contributed by atoms with E-state index in [-0.39, 0.29) is 0 Å². The molecule has 0 aromatic carbocycles. The van der Waals surface area contributed by atoms with E-state index in [1.807, 2.05) is 12.1 Å². The number of halogens is 1. The lowest BCUT2D eigenvalue weighted by Crippen LogP contribution is -1.81. The average molecular weight is 211 g/mol. The molecule has 0 fully saturated rings. The Hall–Kier alpha value is -0.930. The summed E-state index contributed by atoms with van der Waals surface area (Å²) in [5.41, 5.74) is 0. The standard InChI is InChI=1S/C9H7ClN2S/c10-6-7-2-3-8(13-7)9-11-4-1-5-12-9/h1-5H,6H2. The highest BCUT2D eigenvalue weighted by Crippen LogP contribution is 2.25. The molecule has 2 nitrogen and oxygen atoms in total. The quantitative estimate of drug-likeness (QED) is 0.713. The van der Waals surface area contributed by atoms with Crippen LogP contribution in [0.1, 0.15) is 4.88 Å². The summed E-state index contributed by atoms with van der Waals surface area (Å²) in [4.78, 5) is 10.5. The van der Waals surface area contributed by atoms with Gasteiger partial charge in [-0.25, -0.2) is 9.97 Å². The smallest absolute Gasteiger partial charge is 0.169 e. The summed E-state index contributed by atoms with van der Waals surface area (Å²) in [6, 6.07) is 5.81. The molecule has 0 saturated carbocycles. The van der Waals surface area contributed by atoms with Crippen LogP contribution in [0, 0.1) is 0 Å². The first-order valence-corrected chi connectivity index (χ1v) is 5.17. The molecule has 0 amide bonds. The molecule has 0 bridgehead atoms. The zero-order valence-electron chi connectivity index (χ0n) is 6.77. The van der Waals surface area contributed by atoms with E-state index in [1.165, 1.54) is 0 Å². The van der Waals surface area contributed by atoms with E-state index >= 15 is 0 Å². The molecule has 66 valence electrons. The molecule has 2 rings (SSSR count). The molecular formula is C9H7ClN2S. The topological polar surface area (TPSA) is 25.8 Å². The molecular weight excluding hydrogens is 204 g/mol. The van der Waals surface area contributed by atoms with Gasteiger partial charge in [-0.15, -0.1) is 22.9 Å². The molecule has 0 aliphatic carbocycles. The van der Waals surface area contributed by atoms with Gasteiger partial charge in [-0.2, -0.15) is 0 Å². The molecule has 13 heavy (non-hydrogen) atoms.